The number of pyridine rings is 2. The Hall–Kier alpha value is -2.72. The van der Waals surface area contributed by atoms with Gasteiger partial charge < -0.3 is 4.98 Å². The van der Waals surface area contributed by atoms with Crippen LogP contribution in [0.1, 0.15) is 29.7 Å². The molecule has 0 amide bonds. The van der Waals surface area contributed by atoms with Crippen molar-refractivity contribution in [2.75, 3.05) is 0 Å². The highest BCUT2D eigenvalue weighted by atomic mass is 79.9. The lowest BCUT2D eigenvalue weighted by atomic mass is 9.98. The number of hydrogen-bond acceptors (Lipinski definition) is 2. The molecular formula is C23H19BrN2O. The minimum absolute atomic E-state index is 0.0945. The molecule has 0 saturated carbocycles. The van der Waals surface area contributed by atoms with E-state index in [9.17, 15) is 4.79 Å². The first-order valence-electron chi connectivity index (χ1n) is 8.97. The molecule has 0 saturated heterocycles. The first-order chi connectivity index (χ1) is 13.2. The zero-order chi connectivity index (χ0) is 18.6. The topological polar surface area (TPSA) is 45.8 Å². The van der Waals surface area contributed by atoms with Crippen LogP contribution in [0.15, 0.2) is 70.3 Å². The molecule has 0 fully saturated rings. The van der Waals surface area contributed by atoms with Crippen LogP contribution in [0.4, 0.5) is 0 Å². The lowest BCUT2D eigenvalue weighted by Crippen LogP contribution is -2.44. The standard InChI is InChI=1S/C23H19BrN2O/c24-18-6-4-5-17(9-10-18)22-20(15-16-11-13-25-14-12-16)23(27)19-7-2-1-3-8-21(19)26-22/h1,3-5,7-14,26H,2,6,15H2. The zero-order valence-electron chi connectivity index (χ0n) is 14.8. The third-order valence-corrected chi connectivity index (χ3v) is 5.29. The van der Waals surface area contributed by atoms with Crippen LogP contribution in [0.2, 0.25) is 0 Å². The molecule has 0 aromatic carbocycles. The van der Waals surface area contributed by atoms with Crippen LogP contribution in [-0.2, 0) is 6.42 Å². The van der Waals surface area contributed by atoms with Gasteiger partial charge in [-0.3, -0.25) is 9.78 Å². The largest absolute Gasteiger partial charge is 0.354 e. The number of aromatic nitrogens is 2. The predicted molar refractivity (Wildman–Crippen MR) is 115 cm³/mol. The molecule has 2 aromatic heterocycles. The van der Waals surface area contributed by atoms with Gasteiger partial charge in [-0.1, -0.05) is 58.5 Å². The van der Waals surface area contributed by atoms with Crippen molar-refractivity contribution >= 4 is 33.7 Å². The number of rotatable bonds is 3. The molecule has 4 heteroatoms. The van der Waals surface area contributed by atoms with E-state index in [4.69, 9.17) is 0 Å². The van der Waals surface area contributed by atoms with E-state index in [1.807, 2.05) is 36.4 Å². The van der Waals surface area contributed by atoms with Crippen LogP contribution in [-0.4, -0.2) is 9.97 Å². The summed E-state index contributed by atoms with van der Waals surface area (Å²) >= 11 is 3.56. The quantitative estimate of drug-likeness (QED) is 0.828. The molecule has 3 nitrogen and oxygen atoms in total. The van der Waals surface area contributed by atoms with E-state index in [1.54, 1.807) is 12.4 Å². The van der Waals surface area contributed by atoms with Crippen molar-refractivity contribution in [3.63, 3.8) is 0 Å². The first kappa shape index (κ1) is 17.7. The Balaban J connectivity index is 1.97. The average Bonchev–Trinajstić information content (AvgIpc) is 3.05. The average molecular weight is 419 g/mol. The number of aromatic amines is 1. The van der Waals surface area contributed by atoms with Crippen molar-refractivity contribution in [1.29, 1.82) is 0 Å². The van der Waals surface area contributed by atoms with Crippen LogP contribution in [0.5, 0.6) is 0 Å². The number of halogens is 1. The molecule has 27 heavy (non-hydrogen) atoms. The third-order valence-electron chi connectivity index (χ3n) is 4.70. The summed E-state index contributed by atoms with van der Waals surface area (Å²) in [5, 5.41) is 1.62. The molecule has 0 aliphatic heterocycles. The van der Waals surface area contributed by atoms with E-state index in [0.717, 1.165) is 50.3 Å². The summed E-state index contributed by atoms with van der Waals surface area (Å²) < 4.78 is 1.12. The maximum atomic E-state index is 13.4. The summed E-state index contributed by atoms with van der Waals surface area (Å²) in [6.45, 7) is 0. The smallest absolute Gasteiger partial charge is 0.193 e. The molecule has 4 rings (SSSR count). The summed E-state index contributed by atoms with van der Waals surface area (Å²) in [7, 11) is 0. The van der Waals surface area contributed by atoms with Gasteiger partial charge in [0, 0.05) is 34.9 Å². The van der Waals surface area contributed by atoms with Crippen molar-refractivity contribution in [3.8, 4) is 0 Å². The number of fused-ring (bicyclic) bond motifs is 1. The lowest BCUT2D eigenvalue weighted by molar-refractivity contribution is 1.05. The van der Waals surface area contributed by atoms with E-state index in [2.05, 4.69) is 50.2 Å². The van der Waals surface area contributed by atoms with Crippen molar-refractivity contribution in [3.05, 3.63) is 103 Å². The number of allylic oxidation sites excluding steroid dienone is 8. The SMILES string of the molecule is O=c1c(Cc2ccncc2)c(C2=CC=C(Br)CC=C2)[nH]c2c1=CCC=CC=2. The predicted octanol–water partition coefficient (Wildman–Crippen LogP) is 3.50. The molecule has 0 spiro atoms. The van der Waals surface area contributed by atoms with Crippen LogP contribution < -0.4 is 16.0 Å². The molecular weight excluding hydrogens is 400 g/mol. The fraction of sp³-hybridized carbons (Fsp3) is 0.130. The van der Waals surface area contributed by atoms with E-state index in [-0.39, 0.29) is 5.43 Å². The summed E-state index contributed by atoms with van der Waals surface area (Å²) in [6.07, 6.45) is 22.0. The van der Waals surface area contributed by atoms with Gasteiger partial charge in [0.2, 0.25) is 0 Å². The molecule has 134 valence electrons. The number of nitrogens with one attached hydrogen (secondary N) is 1. The van der Waals surface area contributed by atoms with Crippen molar-refractivity contribution < 1.29 is 0 Å². The van der Waals surface area contributed by atoms with Gasteiger partial charge in [0.15, 0.2) is 5.43 Å². The fourth-order valence-corrected chi connectivity index (χ4v) is 3.65. The van der Waals surface area contributed by atoms with Crippen LogP contribution in [0, 0.1) is 0 Å². The molecule has 0 bridgehead atoms. The van der Waals surface area contributed by atoms with Gasteiger partial charge in [0.1, 0.15) is 0 Å². The summed E-state index contributed by atoms with van der Waals surface area (Å²) in [5.41, 5.74) is 3.84. The van der Waals surface area contributed by atoms with Crippen LogP contribution in [0.25, 0.3) is 17.7 Å². The van der Waals surface area contributed by atoms with Crippen LogP contribution >= 0.6 is 15.9 Å². The van der Waals surface area contributed by atoms with E-state index in [1.165, 1.54) is 0 Å². The maximum absolute atomic E-state index is 13.4. The zero-order valence-corrected chi connectivity index (χ0v) is 16.4. The Labute approximate surface area is 166 Å². The Morgan fingerprint density at radius 3 is 2.81 bits per heavy atom. The Morgan fingerprint density at radius 2 is 1.96 bits per heavy atom. The van der Waals surface area contributed by atoms with Gasteiger partial charge in [-0.15, -0.1) is 0 Å². The second-order valence-corrected chi connectivity index (χ2v) is 7.56. The lowest BCUT2D eigenvalue weighted by Gasteiger charge is -2.11. The molecule has 0 unspecified atom stereocenters. The fourth-order valence-electron chi connectivity index (χ4n) is 3.33. The van der Waals surface area contributed by atoms with Gasteiger partial charge in [-0.2, -0.15) is 0 Å². The second-order valence-electron chi connectivity index (χ2n) is 6.54. The Bertz CT molecular complexity index is 1170. The molecule has 2 aliphatic carbocycles. The monoisotopic (exact) mass is 418 g/mol. The normalized spacial score (nSPS) is 15.6. The van der Waals surface area contributed by atoms with Crippen molar-refractivity contribution in [1.82, 2.24) is 9.97 Å². The summed E-state index contributed by atoms with van der Waals surface area (Å²) in [4.78, 5) is 21.0. The first-order valence-corrected chi connectivity index (χ1v) is 9.76. The molecule has 2 aliphatic rings. The maximum Gasteiger partial charge on any atom is 0.193 e. The number of nitrogens with zero attached hydrogens (tertiary/aromatic N) is 1. The Morgan fingerprint density at radius 1 is 1.11 bits per heavy atom. The molecule has 0 atom stereocenters. The van der Waals surface area contributed by atoms with Gasteiger partial charge in [0.05, 0.1) is 5.69 Å². The minimum Gasteiger partial charge on any atom is -0.354 e. The molecule has 2 heterocycles. The van der Waals surface area contributed by atoms with Crippen LogP contribution in [0.3, 0.4) is 0 Å². The van der Waals surface area contributed by atoms with Gasteiger partial charge in [-0.05, 0) is 46.7 Å². The highest BCUT2D eigenvalue weighted by molar-refractivity contribution is 9.11. The highest BCUT2D eigenvalue weighted by Crippen LogP contribution is 2.23. The summed E-state index contributed by atoms with van der Waals surface area (Å²) in [6, 6.07) is 3.92. The number of H-pyrrole nitrogens is 1. The summed E-state index contributed by atoms with van der Waals surface area (Å²) in [5.74, 6) is 0. The third kappa shape index (κ3) is 3.86. The van der Waals surface area contributed by atoms with E-state index in [0.29, 0.717) is 6.42 Å². The number of hydrogen-bond donors (Lipinski definition) is 1. The van der Waals surface area contributed by atoms with Crippen molar-refractivity contribution in [2.24, 2.45) is 0 Å². The molecule has 1 N–H and O–H groups in total. The van der Waals surface area contributed by atoms with E-state index >= 15 is 0 Å². The van der Waals surface area contributed by atoms with Gasteiger partial charge in [-0.25, -0.2) is 0 Å². The molecule has 2 aromatic rings. The van der Waals surface area contributed by atoms with Crippen molar-refractivity contribution in [2.45, 2.75) is 19.3 Å². The van der Waals surface area contributed by atoms with Gasteiger partial charge in [0.25, 0.3) is 0 Å². The highest BCUT2D eigenvalue weighted by Gasteiger charge is 2.14. The van der Waals surface area contributed by atoms with Gasteiger partial charge >= 0.3 is 0 Å². The Kier molecular flexibility index (Phi) is 5.16. The minimum atomic E-state index is 0.0945. The van der Waals surface area contributed by atoms with E-state index < -0.39 is 0 Å². The second kappa shape index (κ2) is 7.89. The molecule has 0 radical (unpaired) electrons.